The quantitative estimate of drug-likeness (QED) is 0.632. The summed E-state index contributed by atoms with van der Waals surface area (Å²) in [5.41, 5.74) is 2.90. The predicted octanol–water partition coefficient (Wildman–Crippen LogP) is 2.88. The molecular weight excluding hydrogens is 418 g/mol. The second-order valence-electron chi connectivity index (χ2n) is 6.95. The van der Waals surface area contributed by atoms with Gasteiger partial charge in [0.1, 0.15) is 12.1 Å². The average molecular weight is 439 g/mol. The Kier molecular flexibility index (Phi) is 5.72. The number of nitrogens with zero attached hydrogens (tertiary/aromatic N) is 3. The van der Waals surface area contributed by atoms with E-state index in [-0.39, 0.29) is 22.6 Å². The van der Waals surface area contributed by atoms with Crippen molar-refractivity contribution in [3.63, 3.8) is 0 Å². The van der Waals surface area contributed by atoms with Gasteiger partial charge in [-0.2, -0.15) is 0 Å². The molecule has 0 unspecified atom stereocenters. The average Bonchev–Trinajstić information content (AvgIpc) is 2.79. The third-order valence-corrected chi connectivity index (χ3v) is 6.29. The lowest BCUT2D eigenvalue weighted by Gasteiger charge is -2.29. The van der Waals surface area contributed by atoms with Gasteiger partial charge in [0.15, 0.2) is 0 Å². The van der Waals surface area contributed by atoms with E-state index in [9.17, 15) is 13.2 Å². The highest BCUT2D eigenvalue weighted by Crippen LogP contribution is 2.21. The van der Waals surface area contributed by atoms with E-state index in [4.69, 9.17) is 4.74 Å². The zero-order valence-electron chi connectivity index (χ0n) is 16.8. The molecule has 2 heterocycles. The van der Waals surface area contributed by atoms with Crippen molar-refractivity contribution in [2.75, 3.05) is 23.7 Å². The molecule has 4 rings (SSSR count). The topological polar surface area (TPSA) is 114 Å². The smallest absolute Gasteiger partial charge is 0.322 e. The molecule has 0 fully saturated rings. The Morgan fingerprint density at radius 2 is 1.81 bits per heavy atom. The van der Waals surface area contributed by atoms with Gasteiger partial charge in [0, 0.05) is 24.8 Å². The van der Waals surface area contributed by atoms with Crippen molar-refractivity contribution in [3.8, 4) is 5.88 Å². The zero-order chi connectivity index (χ0) is 21.8. The number of urea groups is 1. The van der Waals surface area contributed by atoms with Crippen molar-refractivity contribution >= 4 is 27.6 Å². The van der Waals surface area contributed by atoms with Crippen LogP contribution in [0.1, 0.15) is 11.1 Å². The molecule has 1 aromatic heterocycles. The van der Waals surface area contributed by atoms with Crippen LogP contribution in [0.2, 0.25) is 0 Å². The molecule has 0 bridgehead atoms. The van der Waals surface area contributed by atoms with Crippen LogP contribution < -0.4 is 14.8 Å². The minimum atomic E-state index is -3.86. The monoisotopic (exact) mass is 439 g/mol. The summed E-state index contributed by atoms with van der Waals surface area (Å²) in [6, 6.07) is 15.1. The third kappa shape index (κ3) is 4.75. The normalized spacial score (nSPS) is 13.3. The van der Waals surface area contributed by atoms with Gasteiger partial charge >= 0.3 is 6.03 Å². The van der Waals surface area contributed by atoms with Crippen LogP contribution in [0.3, 0.4) is 0 Å². The highest BCUT2D eigenvalue weighted by Gasteiger charge is 2.21. The molecular formula is C21H21N5O4S. The maximum Gasteiger partial charge on any atom is 0.322 e. The van der Waals surface area contributed by atoms with Crippen molar-refractivity contribution < 1.29 is 17.9 Å². The molecule has 2 N–H and O–H groups in total. The van der Waals surface area contributed by atoms with Gasteiger partial charge < -0.3 is 15.0 Å². The molecule has 0 aliphatic carbocycles. The first-order valence-corrected chi connectivity index (χ1v) is 11.0. The number of amides is 2. The van der Waals surface area contributed by atoms with Crippen molar-refractivity contribution in [1.82, 2.24) is 14.9 Å². The molecule has 0 radical (unpaired) electrons. The molecule has 160 valence electrons. The van der Waals surface area contributed by atoms with Crippen LogP contribution in [0, 0.1) is 0 Å². The third-order valence-electron chi connectivity index (χ3n) is 4.92. The van der Waals surface area contributed by atoms with Crippen LogP contribution in [-0.2, 0) is 23.0 Å². The molecule has 0 atom stereocenters. The summed E-state index contributed by atoms with van der Waals surface area (Å²) < 4.78 is 32.5. The Morgan fingerprint density at radius 3 is 2.55 bits per heavy atom. The van der Waals surface area contributed by atoms with Crippen LogP contribution in [0.5, 0.6) is 5.88 Å². The van der Waals surface area contributed by atoms with E-state index in [1.54, 1.807) is 17.0 Å². The highest BCUT2D eigenvalue weighted by atomic mass is 32.2. The Hall–Kier alpha value is -3.66. The minimum Gasteiger partial charge on any atom is -0.481 e. The maximum absolute atomic E-state index is 12.6. The summed E-state index contributed by atoms with van der Waals surface area (Å²) >= 11 is 0. The number of hydrogen-bond acceptors (Lipinski definition) is 6. The number of carbonyl (C=O) groups excluding carboxylic acids is 1. The van der Waals surface area contributed by atoms with E-state index in [1.165, 1.54) is 37.2 Å². The van der Waals surface area contributed by atoms with Crippen LogP contribution in [-0.4, -0.2) is 43.0 Å². The number of anilines is 2. The predicted molar refractivity (Wildman–Crippen MR) is 115 cm³/mol. The van der Waals surface area contributed by atoms with E-state index >= 15 is 0 Å². The Labute approximate surface area is 180 Å². The first kappa shape index (κ1) is 20.6. The largest absolute Gasteiger partial charge is 0.481 e. The number of aromatic nitrogens is 2. The van der Waals surface area contributed by atoms with Gasteiger partial charge in [-0.05, 0) is 41.8 Å². The van der Waals surface area contributed by atoms with Gasteiger partial charge in [-0.25, -0.2) is 23.2 Å². The van der Waals surface area contributed by atoms with Crippen LogP contribution >= 0.6 is 0 Å². The summed E-state index contributed by atoms with van der Waals surface area (Å²) in [6.07, 6.45) is 2.01. The SMILES string of the molecule is COc1cc(NS(=O)(=O)c2ccc(NC(=O)N3CCc4ccccc4C3)cc2)ncn1. The van der Waals surface area contributed by atoms with Crippen molar-refractivity contribution in [2.24, 2.45) is 0 Å². The van der Waals surface area contributed by atoms with Gasteiger partial charge in [-0.3, -0.25) is 4.72 Å². The van der Waals surface area contributed by atoms with Crippen molar-refractivity contribution in [2.45, 2.75) is 17.9 Å². The van der Waals surface area contributed by atoms with Gasteiger partial charge in [-0.1, -0.05) is 24.3 Å². The van der Waals surface area contributed by atoms with Gasteiger partial charge in [0.05, 0.1) is 12.0 Å². The molecule has 3 aromatic rings. The number of sulfonamides is 1. The van der Waals surface area contributed by atoms with Crippen LogP contribution in [0.15, 0.2) is 65.8 Å². The lowest BCUT2D eigenvalue weighted by atomic mass is 10.0. The Balaban J connectivity index is 1.41. The fourth-order valence-electron chi connectivity index (χ4n) is 3.29. The minimum absolute atomic E-state index is 0.0370. The summed E-state index contributed by atoms with van der Waals surface area (Å²) in [7, 11) is -2.43. The van der Waals surface area contributed by atoms with Crippen LogP contribution in [0.4, 0.5) is 16.3 Å². The number of fused-ring (bicyclic) bond motifs is 1. The van der Waals surface area contributed by atoms with Crippen molar-refractivity contribution in [1.29, 1.82) is 0 Å². The van der Waals surface area contributed by atoms with Crippen LogP contribution in [0.25, 0.3) is 0 Å². The molecule has 31 heavy (non-hydrogen) atoms. The molecule has 9 nitrogen and oxygen atoms in total. The first-order valence-electron chi connectivity index (χ1n) is 9.56. The van der Waals surface area contributed by atoms with Gasteiger partial charge in [-0.15, -0.1) is 0 Å². The summed E-state index contributed by atoms with van der Waals surface area (Å²) in [5, 5.41) is 2.82. The number of hydrogen-bond donors (Lipinski definition) is 2. The van der Waals surface area contributed by atoms with Gasteiger partial charge in [0.25, 0.3) is 10.0 Å². The molecule has 0 spiro atoms. The highest BCUT2D eigenvalue weighted by molar-refractivity contribution is 7.92. The van der Waals surface area contributed by atoms with E-state index in [2.05, 4.69) is 26.1 Å². The molecule has 0 saturated heterocycles. The number of carbonyl (C=O) groups is 1. The number of methoxy groups -OCH3 is 1. The molecule has 1 aliphatic heterocycles. The molecule has 1 aliphatic rings. The van der Waals surface area contributed by atoms with Crippen molar-refractivity contribution in [3.05, 3.63) is 72.1 Å². The number of rotatable bonds is 5. The lowest BCUT2D eigenvalue weighted by molar-refractivity contribution is 0.206. The number of benzene rings is 2. The standard InChI is InChI=1S/C21H21N5O4S/c1-30-20-12-19(22-14-23-20)25-31(28,29)18-8-6-17(7-9-18)24-21(27)26-11-10-15-4-2-3-5-16(15)13-26/h2-9,12,14H,10-11,13H2,1H3,(H,24,27)(H,22,23,25). The van der Waals surface area contributed by atoms with Gasteiger partial charge in [0.2, 0.25) is 5.88 Å². The zero-order valence-corrected chi connectivity index (χ0v) is 17.6. The van der Waals surface area contributed by atoms with E-state index in [0.29, 0.717) is 18.8 Å². The summed E-state index contributed by atoms with van der Waals surface area (Å²) in [6.45, 7) is 1.17. The Morgan fingerprint density at radius 1 is 1.06 bits per heavy atom. The molecule has 0 saturated carbocycles. The summed E-state index contributed by atoms with van der Waals surface area (Å²) in [4.78, 5) is 22.1. The maximum atomic E-state index is 12.6. The van der Waals surface area contributed by atoms with E-state index in [1.807, 2.05) is 18.2 Å². The molecule has 10 heteroatoms. The van der Waals surface area contributed by atoms with E-state index in [0.717, 1.165) is 12.0 Å². The second kappa shape index (κ2) is 8.60. The molecule has 2 aromatic carbocycles. The molecule has 2 amide bonds. The second-order valence-corrected chi connectivity index (χ2v) is 8.63. The fourth-order valence-corrected chi connectivity index (χ4v) is 4.29. The van der Waals surface area contributed by atoms with E-state index < -0.39 is 10.0 Å². The first-order chi connectivity index (χ1) is 14.9. The number of nitrogens with one attached hydrogen (secondary N) is 2. The Bertz CT molecular complexity index is 1200. The fraction of sp³-hybridized carbons (Fsp3) is 0.190. The number of ether oxygens (including phenoxy) is 1. The summed E-state index contributed by atoms with van der Waals surface area (Å²) in [5.74, 6) is 0.334. The lowest BCUT2D eigenvalue weighted by Crippen LogP contribution is -2.38.